The highest BCUT2D eigenvalue weighted by atomic mass is 32.2. The van der Waals surface area contributed by atoms with Crippen LogP contribution in [0.1, 0.15) is 12.5 Å². The molecule has 4 aromatic rings. The number of aliphatic carboxylic acids is 1. The molecule has 7 nitrogen and oxygen atoms in total. The van der Waals surface area contributed by atoms with Gasteiger partial charge < -0.3 is 5.11 Å². The first-order valence-corrected chi connectivity index (χ1v) is 10.7. The van der Waals surface area contributed by atoms with Gasteiger partial charge in [0.15, 0.2) is 0 Å². The summed E-state index contributed by atoms with van der Waals surface area (Å²) in [4.78, 5) is 19.4. The van der Waals surface area contributed by atoms with Crippen molar-refractivity contribution in [3.05, 3.63) is 78.6 Å². The van der Waals surface area contributed by atoms with Gasteiger partial charge in [-0.25, -0.2) is 8.42 Å². The number of rotatable bonds is 4. The summed E-state index contributed by atoms with van der Waals surface area (Å²) < 4.78 is 25.7. The van der Waals surface area contributed by atoms with Crippen molar-refractivity contribution < 1.29 is 18.3 Å². The monoisotopic (exact) mass is 423 g/mol. The number of aryl methyl sites for hydroxylation is 1. The van der Waals surface area contributed by atoms with Crippen molar-refractivity contribution in [2.45, 2.75) is 24.8 Å². The summed E-state index contributed by atoms with van der Waals surface area (Å²) in [5, 5.41) is 10.9. The van der Waals surface area contributed by atoms with Crippen molar-refractivity contribution in [3.8, 4) is 0 Å². The molecule has 0 saturated heterocycles. The molecular formula is C22H21N3O4S. The second kappa shape index (κ2) is 8.98. The van der Waals surface area contributed by atoms with Crippen molar-refractivity contribution in [2.75, 3.05) is 0 Å². The lowest BCUT2D eigenvalue weighted by atomic mass is 10.1. The fraction of sp³-hybridized carbons (Fsp3) is 0.136. The van der Waals surface area contributed by atoms with Gasteiger partial charge in [0.2, 0.25) is 10.0 Å². The van der Waals surface area contributed by atoms with Crippen LogP contribution < -0.4 is 4.72 Å². The van der Waals surface area contributed by atoms with E-state index in [0.29, 0.717) is 5.56 Å². The van der Waals surface area contributed by atoms with Gasteiger partial charge in [0.1, 0.15) is 6.04 Å². The number of nitrogens with zero attached hydrogens (tertiary/aromatic N) is 2. The molecule has 0 radical (unpaired) electrons. The fourth-order valence-corrected chi connectivity index (χ4v) is 4.33. The Kier molecular flexibility index (Phi) is 6.39. The fourth-order valence-electron chi connectivity index (χ4n) is 2.88. The molecule has 1 atom stereocenters. The number of hydrogen-bond acceptors (Lipinski definition) is 5. The number of pyridine rings is 2. The van der Waals surface area contributed by atoms with Gasteiger partial charge in [-0.3, -0.25) is 14.8 Å². The van der Waals surface area contributed by atoms with Gasteiger partial charge in [-0.15, -0.1) is 0 Å². The molecule has 8 heteroatoms. The minimum Gasteiger partial charge on any atom is -0.480 e. The zero-order chi connectivity index (χ0) is 21.7. The van der Waals surface area contributed by atoms with E-state index in [9.17, 15) is 13.2 Å². The molecular weight excluding hydrogens is 402 g/mol. The standard InChI is InChI=1S/C12H8N2.C10H13NO4S/c1-3-9-5-6-10-4-2-8-14-12(10)11(9)13-7-1;1-7-5-3-4-6-9(7)16(14,15)11-8(2)10(12)13/h1-8H;3-6,8,11H,1-2H3,(H,12,13). The van der Waals surface area contributed by atoms with E-state index in [0.717, 1.165) is 21.8 Å². The molecule has 0 spiro atoms. The molecule has 0 saturated carbocycles. The van der Waals surface area contributed by atoms with E-state index in [1.165, 1.54) is 13.0 Å². The topological polar surface area (TPSA) is 109 Å². The average Bonchev–Trinajstić information content (AvgIpc) is 2.74. The summed E-state index contributed by atoms with van der Waals surface area (Å²) >= 11 is 0. The van der Waals surface area contributed by atoms with E-state index < -0.39 is 22.0 Å². The Labute approximate surface area is 174 Å². The van der Waals surface area contributed by atoms with Crippen molar-refractivity contribution >= 4 is 37.8 Å². The second-order valence-electron chi connectivity index (χ2n) is 6.66. The minimum absolute atomic E-state index is 0.100. The van der Waals surface area contributed by atoms with Gasteiger partial charge in [-0.2, -0.15) is 4.72 Å². The smallest absolute Gasteiger partial charge is 0.321 e. The molecule has 2 aromatic carbocycles. The van der Waals surface area contributed by atoms with Crippen LogP contribution in [0.2, 0.25) is 0 Å². The van der Waals surface area contributed by atoms with Gasteiger partial charge >= 0.3 is 5.97 Å². The Hall–Kier alpha value is -3.36. The number of benzene rings is 2. The van der Waals surface area contributed by atoms with Crippen molar-refractivity contribution in [1.29, 1.82) is 0 Å². The van der Waals surface area contributed by atoms with Crippen LogP contribution in [-0.4, -0.2) is 35.5 Å². The van der Waals surface area contributed by atoms with Crippen molar-refractivity contribution in [2.24, 2.45) is 0 Å². The van der Waals surface area contributed by atoms with Gasteiger partial charge in [-0.05, 0) is 37.6 Å². The summed E-state index contributed by atoms with van der Waals surface area (Å²) in [6, 6.07) is 17.4. The number of hydrogen-bond donors (Lipinski definition) is 2. The summed E-state index contributed by atoms with van der Waals surface area (Å²) in [5.74, 6) is -1.21. The summed E-state index contributed by atoms with van der Waals surface area (Å²) in [6.45, 7) is 2.93. The molecule has 30 heavy (non-hydrogen) atoms. The predicted molar refractivity (Wildman–Crippen MR) is 116 cm³/mol. The molecule has 154 valence electrons. The van der Waals surface area contributed by atoms with Crippen molar-refractivity contribution in [3.63, 3.8) is 0 Å². The predicted octanol–water partition coefficient (Wildman–Crippen LogP) is 3.53. The van der Waals surface area contributed by atoms with E-state index >= 15 is 0 Å². The number of sulfonamides is 1. The lowest BCUT2D eigenvalue weighted by Crippen LogP contribution is -2.38. The normalized spacial score (nSPS) is 12.2. The van der Waals surface area contributed by atoms with Crippen LogP contribution in [0.5, 0.6) is 0 Å². The summed E-state index contributed by atoms with van der Waals surface area (Å²) in [5.41, 5.74) is 2.53. The third-order valence-corrected chi connectivity index (χ3v) is 6.13. The van der Waals surface area contributed by atoms with Crippen LogP contribution in [0, 0.1) is 6.92 Å². The van der Waals surface area contributed by atoms with E-state index in [2.05, 4.69) is 39.0 Å². The number of nitrogens with one attached hydrogen (secondary N) is 1. The van der Waals surface area contributed by atoms with Crippen LogP contribution in [0.3, 0.4) is 0 Å². The number of carboxylic acids is 1. The molecule has 4 rings (SSSR count). The SMILES string of the molecule is Cc1ccccc1S(=O)(=O)NC(C)C(=O)O.c1cnc2c(c1)ccc1cccnc12. The van der Waals surface area contributed by atoms with Crippen LogP contribution in [0.4, 0.5) is 0 Å². The number of carboxylic acid groups (broad SMARTS) is 1. The molecule has 0 aliphatic rings. The van der Waals surface area contributed by atoms with Gasteiger partial charge in [0, 0.05) is 23.2 Å². The van der Waals surface area contributed by atoms with E-state index in [4.69, 9.17) is 5.11 Å². The molecule has 0 bridgehead atoms. The zero-order valence-electron chi connectivity index (χ0n) is 16.5. The molecule has 0 amide bonds. The maximum Gasteiger partial charge on any atom is 0.321 e. The first kappa shape index (κ1) is 21.4. The highest BCUT2D eigenvalue weighted by Gasteiger charge is 2.22. The maximum absolute atomic E-state index is 11.8. The third kappa shape index (κ3) is 4.79. The molecule has 0 fully saturated rings. The first-order valence-electron chi connectivity index (χ1n) is 9.19. The van der Waals surface area contributed by atoms with Crippen LogP contribution in [0.15, 0.2) is 78.0 Å². The van der Waals surface area contributed by atoms with E-state index in [1.807, 2.05) is 12.1 Å². The zero-order valence-corrected chi connectivity index (χ0v) is 17.3. The molecule has 0 aliphatic heterocycles. The quantitative estimate of drug-likeness (QED) is 0.486. The molecule has 1 unspecified atom stereocenters. The van der Waals surface area contributed by atoms with E-state index in [1.54, 1.807) is 37.5 Å². The lowest BCUT2D eigenvalue weighted by molar-refractivity contribution is -0.138. The van der Waals surface area contributed by atoms with E-state index in [-0.39, 0.29) is 4.90 Å². The van der Waals surface area contributed by atoms with Gasteiger partial charge in [0.25, 0.3) is 0 Å². The Morgan fingerprint density at radius 2 is 1.43 bits per heavy atom. The molecule has 2 heterocycles. The maximum atomic E-state index is 11.8. The Bertz CT molecular complexity index is 1250. The number of carbonyl (C=O) groups is 1. The van der Waals surface area contributed by atoms with Crippen LogP contribution in [-0.2, 0) is 14.8 Å². The third-order valence-electron chi connectivity index (χ3n) is 4.43. The van der Waals surface area contributed by atoms with Crippen LogP contribution in [0.25, 0.3) is 21.8 Å². The van der Waals surface area contributed by atoms with Gasteiger partial charge in [-0.1, -0.05) is 42.5 Å². The molecule has 2 aromatic heterocycles. The molecule has 0 aliphatic carbocycles. The number of fused-ring (bicyclic) bond motifs is 3. The molecule has 2 N–H and O–H groups in total. The Morgan fingerprint density at radius 1 is 0.900 bits per heavy atom. The first-order chi connectivity index (χ1) is 14.3. The van der Waals surface area contributed by atoms with Crippen molar-refractivity contribution in [1.82, 2.24) is 14.7 Å². The Balaban J connectivity index is 0.000000171. The average molecular weight is 423 g/mol. The summed E-state index contributed by atoms with van der Waals surface area (Å²) in [6.07, 6.45) is 3.60. The lowest BCUT2D eigenvalue weighted by Gasteiger charge is -2.11. The second-order valence-corrected chi connectivity index (χ2v) is 8.34. The van der Waals surface area contributed by atoms with Gasteiger partial charge in [0.05, 0.1) is 15.9 Å². The largest absolute Gasteiger partial charge is 0.480 e. The Morgan fingerprint density at radius 3 is 1.93 bits per heavy atom. The minimum atomic E-state index is -3.77. The highest BCUT2D eigenvalue weighted by molar-refractivity contribution is 7.89. The highest BCUT2D eigenvalue weighted by Crippen LogP contribution is 2.20. The summed E-state index contributed by atoms with van der Waals surface area (Å²) in [7, 11) is -3.77. The number of aromatic nitrogens is 2. The van der Waals surface area contributed by atoms with Crippen LogP contribution >= 0.6 is 0 Å².